The average molecular weight is 625 g/mol. The molecule has 0 atom stereocenters. The summed E-state index contributed by atoms with van der Waals surface area (Å²) < 4.78 is 0. The van der Waals surface area contributed by atoms with Gasteiger partial charge in [-0.2, -0.15) is 0 Å². The predicted octanol–water partition coefficient (Wildman–Crippen LogP) is 10.2. The highest BCUT2D eigenvalue weighted by Crippen LogP contribution is 2.46. The largest absolute Gasteiger partial charge is 0.507 e. The second-order valence-electron chi connectivity index (χ2n) is 16.8. The zero-order chi connectivity index (χ0) is 34.4. The summed E-state index contributed by atoms with van der Waals surface area (Å²) in [6, 6.07) is 8.50. The fourth-order valence-electron chi connectivity index (χ4n) is 7.90. The third kappa shape index (κ3) is 9.07. The maximum atomic E-state index is 11.7. The standard InChI is InChI=1S/C41H68O4/c1-13-17-37(5,6)31-21-29(22-32(35(31)44)38(7,8)18-14-2)25-41(27-42,28-43)26-30-23-33(39(9,10)19-15-3)36(45)34(24-30)40(11,12)20-16-4/h21-24,42-45H,13-20,25-28H2,1-12H3. The number of aliphatic hydroxyl groups excluding tert-OH is 2. The molecule has 0 radical (unpaired) electrons. The first-order valence-electron chi connectivity index (χ1n) is 17.8. The van der Waals surface area contributed by atoms with Gasteiger partial charge in [0.2, 0.25) is 0 Å². The van der Waals surface area contributed by atoms with Crippen molar-refractivity contribution in [2.45, 2.75) is 169 Å². The van der Waals surface area contributed by atoms with Gasteiger partial charge in [-0.25, -0.2) is 0 Å². The van der Waals surface area contributed by atoms with E-state index in [4.69, 9.17) is 0 Å². The molecule has 4 heteroatoms. The van der Waals surface area contributed by atoms with Crippen molar-refractivity contribution >= 4 is 0 Å². The van der Waals surface area contributed by atoms with Gasteiger partial charge in [-0.1, -0.05) is 133 Å². The Morgan fingerprint density at radius 1 is 0.444 bits per heavy atom. The summed E-state index contributed by atoms with van der Waals surface area (Å²) in [7, 11) is 0. The van der Waals surface area contributed by atoms with Crippen molar-refractivity contribution in [3.05, 3.63) is 57.6 Å². The van der Waals surface area contributed by atoms with E-state index in [1.807, 2.05) is 0 Å². The SMILES string of the molecule is CCCC(C)(C)c1cc(CC(CO)(CO)Cc2cc(C(C)(C)CCC)c(O)c(C(C)(C)CCC)c2)cc(C(C)(C)CCC)c1O. The van der Waals surface area contributed by atoms with Crippen LogP contribution in [0, 0.1) is 5.41 Å². The van der Waals surface area contributed by atoms with Gasteiger partial charge in [-0.15, -0.1) is 0 Å². The van der Waals surface area contributed by atoms with E-state index in [9.17, 15) is 20.4 Å². The zero-order valence-electron chi connectivity index (χ0n) is 31.1. The van der Waals surface area contributed by atoms with Gasteiger partial charge in [0.25, 0.3) is 0 Å². The first-order valence-corrected chi connectivity index (χ1v) is 17.8. The monoisotopic (exact) mass is 625 g/mol. The number of benzene rings is 2. The van der Waals surface area contributed by atoms with Crippen LogP contribution in [-0.4, -0.2) is 33.6 Å². The summed E-state index contributed by atoms with van der Waals surface area (Å²) in [5, 5.41) is 45.4. The van der Waals surface area contributed by atoms with Crippen molar-refractivity contribution in [2.75, 3.05) is 13.2 Å². The molecule has 2 rings (SSSR count). The van der Waals surface area contributed by atoms with Crippen molar-refractivity contribution in [2.24, 2.45) is 5.41 Å². The molecule has 4 nitrogen and oxygen atoms in total. The summed E-state index contributed by atoms with van der Waals surface area (Å²) in [5.41, 5.74) is 4.16. The summed E-state index contributed by atoms with van der Waals surface area (Å²) in [6.45, 7) is 26.0. The highest BCUT2D eigenvalue weighted by molar-refractivity contribution is 5.52. The molecule has 0 amide bonds. The van der Waals surface area contributed by atoms with Crippen LogP contribution < -0.4 is 0 Å². The normalized spacial score (nSPS) is 13.5. The van der Waals surface area contributed by atoms with Crippen LogP contribution in [-0.2, 0) is 34.5 Å². The molecule has 0 aliphatic rings. The Morgan fingerprint density at radius 3 is 0.844 bits per heavy atom. The molecule has 256 valence electrons. The molecule has 0 aliphatic heterocycles. The summed E-state index contributed by atoms with van der Waals surface area (Å²) >= 11 is 0. The van der Waals surface area contributed by atoms with Crippen molar-refractivity contribution in [3.63, 3.8) is 0 Å². The molecule has 4 N–H and O–H groups in total. The molecule has 0 saturated carbocycles. The van der Waals surface area contributed by atoms with Gasteiger partial charge in [0.05, 0.1) is 13.2 Å². The van der Waals surface area contributed by atoms with Gasteiger partial charge in [-0.3, -0.25) is 0 Å². The molecule has 0 fully saturated rings. The molecule has 0 unspecified atom stereocenters. The quantitative estimate of drug-likeness (QED) is 0.133. The van der Waals surface area contributed by atoms with Crippen molar-refractivity contribution in [1.82, 2.24) is 0 Å². The fraction of sp³-hybridized carbons (Fsp3) is 0.707. The predicted molar refractivity (Wildman–Crippen MR) is 192 cm³/mol. The van der Waals surface area contributed by atoms with Crippen LogP contribution in [0.4, 0.5) is 0 Å². The summed E-state index contributed by atoms with van der Waals surface area (Å²) in [4.78, 5) is 0. The van der Waals surface area contributed by atoms with Crippen LogP contribution in [0.15, 0.2) is 24.3 Å². The Bertz CT molecular complexity index is 1070. The molecule has 0 aliphatic carbocycles. The second-order valence-corrected chi connectivity index (χ2v) is 16.8. The molecule has 0 spiro atoms. The minimum Gasteiger partial charge on any atom is -0.507 e. The molecule has 2 aromatic carbocycles. The number of hydrogen-bond donors (Lipinski definition) is 4. The van der Waals surface area contributed by atoms with Crippen LogP contribution in [0.25, 0.3) is 0 Å². The maximum absolute atomic E-state index is 11.7. The van der Waals surface area contributed by atoms with Crippen LogP contribution >= 0.6 is 0 Å². The minimum atomic E-state index is -0.815. The van der Waals surface area contributed by atoms with Crippen LogP contribution in [0.5, 0.6) is 11.5 Å². The van der Waals surface area contributed by atoms with Crippen LogP contribution in [0.3, 0.4) is 0 Å². The van der Waals surface area contributed by atoms with Gasteiger partial charge < -0.3 is 20.4 Å². The van der Waals surface area contributed by atoms with Gasteiger partial charge in [0.15, 0.2) is 0 Å². The fourth-order valence-corrected chi connectivity index (χ4v) is 7.90. The molecule has 0 aromatic heterocycles. The molecular formula is C41H68O4. The van der Waals surface area contributed by atoms with E-state index < -0.39 is 5.41 Å². The van der Waals surface area contributed by atoms with Gasteiger partial charge >= 0.3 is 0 Å². The van der Waals surface area contributed by atoms with E-state index in [1.54, 1.807) is 0 Å². The molecule has 45 heavy (non-hydrogen) atoms. The van der Waals surface area contributed by atoms with E-state index >= 15 is 0 Å². The number of phenols is 2. The third-order valence-corrected chi connectivity index (χ3v) is 10.6. The van der Waals surface area contributed by atoms with Gasteiger partial charge in [0.1, 0.15) is 11.5 Å². The highest BCUT2D eigenvalue weighted by Gasteiger charge is 2.36. The van der Waals surface area contributed by atoms with E-state index in [1.165, 1.54) is 0 Å². The summed E-state index contributed by atoms with van der Waals surface area (Å²) in [5.74, 6) is 0.775. The number of rotatable bonds is 18. The lowest BCUT2D eigenvalue weighted by Crippen LogP contribution is -2.35. The highest BCUT2D eigenvalue weighted by atomic mass is 16.3. The lowest BCUT2D eigenvalue weighted by molar-refractivity contribution is 0.0546. The molecule has 0 bridgehead atoms. The van der Waals surface area contributed by atoms with Gasteiger partial charge in [0, 0.05) is 27.7 Å². The Kier molecular flexibility index (Phi) is 13.3. The van der Waals surface area contributed by atoms with Crippen LogP contribution in [0.1, 0.15) is 168 Å². The van der Waals surface area contributed by atoms with Crippen molar-refractivity contribution in [1.29, 1.82) is 0 Å². The van der Waals surface area contributed by atoms with Gasteiger partial charge in [-0.05, 0) is 71.3 Å². The van der Waals surface area contributed by atoms with Crippen molar-refractivity contribution < 1.29 is 20.4 Å². The lowest BCUT2D eigenvalue weighted by atomic mass is 9.70. The summed E-state index contributed by atoms with van der Waals surface area (Å²) in [6.07, 6.45) is 8.79. The second kappa shape index (κ2) is 15.2. The molecule has 0 heterocycles. The van der Waals surface area contributed by atoms with E-state index in [2.05, 4.69) is 107 Å². The average Bonchev–Trinajstić information content (AvgIpc) is 2.93. The first kappa shape index (κ1) is 39.1. The Morgan fingerprint density at radius 2 is 0.667 bits per heavy atom. The third-order valence-electron chi connectivity index (χ3n) is 10.6. The molecular weight excluding hydrogens is 556 g/mol. The van der Waals surface area contributed by atoms with E-state index in [0.717, 1.165) is 84.7 Å². The van der Waals surface area contributed by atoms with E-state index in [0.29, 0.717) is 24.3 Å². The van der Waals surface area contributed by atoms with Crippen molar-refractivity contribution in [3.8, 4) is 11.5 Å². The smallest absolute Gasteiger partial charge is 0.123 e. The molecule has 0 saturated heterocycles. The Balaban J connectivity index is 2.80. The van der Waals surface area contributed by atoms with Crippen LogP contribution in [0.2, 0.25) is 0 Å². The lowest BCUT2D eigenvalue weighted by Gasteiger charge is -2.36. The Hall–Kier alpha value is -2.04. The number of phenolic OH excluding ortho intramolecular Hbond substituents is 2. The topological polar surface area (TPSA) is 80.9 Å². The Labute approximate surface area is 276 Å². The minimum absolute atomic E-state index is 0.173. The number of aliphatic hydroxyl groups is 2. The zero-order valence-corrected chi connectivity index (χ0v) is 31.1. The van der Waals surface area contributed by atoms with E-state index in [-0.39, 0.29) is 34.9 Å². The maximum Gasteiger partial charge on any atom is 0.123 e. The first-order chi connectivity index (χ1) is 20.8. The molecule has 2 aromatic rings. The number of aromatic hydroxyl groups is 2. The number of hydrogen-bond acceptors (Lipinski definition) is 4.